The van der Waals surface area contributed by atoms with Gasteiger partial charge in [0.1, 0.15) is 6.04 Å². The van der Waals surface area contributed by atoms with E-state index in [1.54, 1.807) is 17.2 Å². The maximum absolute atomic E-state index is 12.4. The average Bonchev–Trinajstić information content (AvgIpc) is 3.51. The highest BCUT2D eigenvalue weighted by Crippen LogP contribution is 2.43. The molecular weight excluding hydrogens is 577 g/mol. The van der Waals surface area contributed by atoms with Gasteiger partial charge in [0.25, 0.3) is 0 Å². The summed E-state index contributed by atoms with van der Waals surface area (Å²) in [6.45, 7) is 0. The standard InChI is InChI=1S/C25H19ClIN7O/c1-33-14-28-13-22(33)25(35,16-5-8-19(27)9-6-16)17-7-10-21-20(12-17)23(15-3-2-4-18(26)11-15)34-24(29-21)30-31-32-34/h2-14,23,35H,1H3,(H,29,30,32). The molecular formula is C25H19ClIN7O. The molecule has 0 amide bonds. The van der Waals surface area contributed by atoms with Crippen LogP contribution in [0.2, 0.25) is 5.02 Å². The van der Waals surface area contributed by atoms with E-state index in [0.29, 0.717) is 22.2 Å². The van der Waals surface area contributed by atoms with Crippen molar-refractivity contribution < 1.29 is 5.11 Å². The Balaban J connectivity index is 1.58. The molecule has 3 aromatic carbocycles. The molecule has 3 heterocycles. The lowest BCUT2D eigenvalue weighted by atomic mass is 9.81. The molecule has 2 N–H and O–H groups in total. The van der Waals surface area contributed by atoms with E-state index in [-0.39, 0.29) is 6.04 Å². The number of imidazole rings is 1. The van der Waals surface area contributed by atoms with E-state index >= 15 is 0 Å². The minimum Gasteiger partial charge on any atom is -0.374 e. The predicted molar refractivity (Wildman–Crippen MR) is 141 cm³/mol. The van der Waals surface area contributed by atoms with Crippen molar-refractivity contribution >= 4 is 45.8 Å². The number of aryl methyl sites for hydroxylation is 1. The molecule has 1 aliphatic heterocycles. The molecule has 0 radical (unpaired) electrons. The molecule has 1 aliphatic rings. The number of halogens is 2. The van der Waals surface area contributed by atoms with Crippen LogP contribution in [0.5, 0.6) is 0 Å². The fraction of sp³-hybridized carbons (Fsp3) is 0.120. The first-order valence-electron chi connectivity index (χ1n) is 10.8. The zero-order valence-electron chi connectivity index (χ0n) is 18.5. The molecule has 174 valence electrons. The number of aliphatic hydroxyl groups is 1. The van der Waals surface area contributed by atoms with Crippen molar-refractivity contribution in [3.63, 3.8) is 0 Å². The summed E-state index contributed by atoms with van der Waals surface area (Å²) in [6.07, 6.45) is 3.39. The molecule has 0 fully saturated rings. The van der Waals surface area contributed by atoms with Gasteiger partial charge in [-0.25, -0.2) is 4.98 Å². The van der Waals surface area contributed by atoms with Gasteiger partial charge in [0, 0.05) is 26.9 Å². The highest BCUT2D eigenvalue weighted by Gasteiger charge is 2.38. The van der Waals surface area contributed by atoms with E-state index in [4.69, 9.17) is 11.6 Å². The highest BCUT2D eigenvalue weighted by molar-refractivity contribution is 14.1. The minimum absolute atomic E-state index is 0.331. The Hall–Kier alpha value is -3.28. The van der Waals surface area contributed by atoms with Crippen molar-refractivity contribution in [3.8, 4) is 0 Å². The maximum atomic E-state index is 12.4. The van der Waals surface area contributed by atoms with E-state index < -0.39 is 5.60 Å². The van der Waals surface area contributed by atoms with E-state index in [0.717, 1.165) is 25.9 Å². The number of nitrogens with one attached hydrogen (secondary N) is 1. The summed E-state index contributed by atoms with van der Waals surface area (Å²) in [5.74, 6) is 0.537. The molecule has 2 unspecified atom stereocenters. The lowest BCUT2D eigenvalue weighted by Gasteiger charge is -2.33. The first-order valence-corrected chi connectivity index (χ1v) is 12.3. The van der Waals surface area contributed by atoms with Crippen LogP contribution < -0.4 is 5.32 Å². The first-order chi connectivity index (χ1) is 16.9. The molecule has 0 spiro atoms. The molecule has 5 aromatic rings. The van der Waals surface area contributed by atoms with Gasteiger partial charge >= 0.3 is 0 Å². The van der Waals surface area contributed by atoms with Gasteiger partial charge in [-0.2, -0.15) is 4.68 Å². The second kappa shape index (κ2) is 8.43. The molecule has 0 aliphatic carbocycles. The monoisotopic (exact) mass is 595 g/mol. The van der Waals surface area contributed by atoms with Crippen molar-refractivity contribution in [1.82, 2.24) is 29.8 Å². The first kappa shape index (κ1) is 22.2. The van der Waals surface area contributed by atoms with Crippen LogP contribution in [0, 0.1) is 3.57 Å². The second-order valence-electron chi connectivity index (χ2n) is 8.44. The van der Waals surface area contributed by atoms with E-state index in [1.807, 2.05) is 78.3 Å². The Labute approximate surface area is 219 Å². The molecule has 8 nitrogen and oxygen atoms in total. The summed E-state index contributed by atoms with van der Waals surface area (Å²) in [7, 11) is 1.88. The van der Waals surface area contributed by atoms with Crippen molar-refractivity contribution in [2.75, 3.05) is 5.32 Å². The van der Waals surface area contributed by atoms with E-state index in [2.05, 4.69) is 48.4 Å². The summed E-state index contributed by atoms with van der Waals surface area (Å²) >= 11 is 8.61. The van der Waals surface area contributed by atoms with Crippen LogP contribution in [-0.4, -0.2) is 34.9 Å². The zero-order chi connectivity index (χ0) is 24.2. The van der Waals surface area contributed by atoms with Crippen LogP contribution >= 0.6 is 34.2 Å². The van der Waals surface area contributed by atoms with E-state index in [9.17, 15) is 5.11 Å². The van der Waals surface area contributed by atoms with E-state index in [1.165, 1.54) is 0 Å². The van der Waals surface area contributed by atoms with Crippen molar-refractivity contribution in [1.29, 1.82) is 0 Å². The number of anilines is 2. The number of benzene rings is 3. The second-order valence-corrected chi connectivity index (χ2v) is 10.1. The summed E-state index contributed by atoms with van der Waals surface area (Å²) < 4.78 is 4.65. The summed E-state index contributed by atoms with van der Waals surface area (Å²) in [6, 6.07) is 21.1. The number of rotatable bonds is 4. The van der Waals surface area contributed by atoms with Crippen molar-refractivity contribution in [2.45, 2.75) is 11.6 Å². The number of hydrogen-bond donors (Lipinski definition) is 2. The molecule has 0 bridgehead atoms. The zero-order valence-corrected chi connectivity index (χ0v) is 21.4. The SMILES string of the molecule is Cn1cncc1C(O)(c1ccc(I)cc1)c1ccc2c(c1)C(c1cccc(Cl)c1)n1nnnc1N2. The number of nitrogens with zero attached hydrogens (tertiary/aromatic N) is 6. The Morgan fingerprint density at radius 3 is 2.60 bits per heavy atom. The van der Waals surface area contributed by atoms with Crippen LogP contribution in [0.3, 0.4) is 0 Å². The fourth-order valence-electron chi connectivity index (χ4n) is 4.69. The number of aromatic nitrogens is 6. The topological polar surface area (TPSA) is 93.7 Å². The number of fused-ring (bicyclic) bond motifs is 2. The fourth-order valence-corrected chi connectivity index (χ4v) is 5.24. The number of hydrogen-bond acceptors (Lipinski definition) is 6. The Bertz CT molecular complexity index is 1550. The average molecular weight is 596 g/mol. The summed E-state index contributed by atoms with van der Waals surface area (Å²) in [5.41, 5.74) is 3.37. The van der Waals surface area contributed by atoms with Gasteiger partial charge in [0.05, 0.1) is 18.2 Å². The molecule has 35 heavy (non-hydrogen) atoms. The third kappa shape index (κ3) is 3.62. The van der Waals surface area contributed by atoms with Crippen molar-refractivity contribution in [3.05, 3.63) is 116 Å². The largest absolute Gasteiger partial charge is 0.374 e. The Morgan fingerprint density at radius 1 is 1.06 bits per heavy atom. The van der Waals surface area contributed by atoms with Gasteiger partial charge in [-0.1, -0.05) is 47.0 Å². The molecule has 2 aromatic heterocycles. The number of tetrazole rings is 1. The Morgan fingerprint density at radius 2 is 1.86 bits per heavy atom. The summed E-state index contributed by atoms with van der Waals surface area (Å²) in [5, 5.41) is 28.6. The normalized spacial score (nSPS) is 16.2. The minimum atomic E-state index is -1.44. The van der Waals surface area contributed by atoms with Gasteiger partial charge in [-0.3, -0.25) is 0 Å². The van der Waals surface area contributed by atoms with Gasteiger partial charge in [-0.15, -0.1) is 0 Å². The predicted octanol–water partition coefficient (Wildman–Crippen LogP) is 4.64. The molecule has 0 saturated carbocycles. The smallest absolute Gasteiger partial charge is 0.248 e. The molecule has 10 heteroatoms. The molecule has 6 rings (SSSR count). The molecule has 0 saturated heterocycles. The van der Waals surface area contributed by atoms with Crippen LogP contribution in [0.15, 0.2) is 79.3 Å². The van der Waals surface area contributed by atoms with Crippen LogP contribution in [0.4, 0.5) is 11.6 Å². The maximum Gasteiger partial charge on any atom is 0.248 e. The van der Waals surface area contributed by atoms with Gasteiger partial charge < -0.3 is 15.0 Å². The quantitative estimate of drug-likeness (QED) is 0.289. The highest BCUT2D eigenvalue weighted by atomic mass is 127. The lowest BCUT2D eigenvalue weighted by Crippen LogP contribution is -2.32. The van der Waals surface area contributed by atoms with Gasteiger partial charge in [0.15, 0.2) is 5.60 Å². The Kier molecular flexibility index (Phi) is 5.35. The van der Waals surface area contributed by atoms with Crippen LogP contribution in [0.1, 0.15) is 34.0 Å². The molecule has 2 atom stereocenters. The van der Waals surface area contributed by atoms with Crippen LogP contribution in [-0.2, 0) is 12.6 Å². The van der Waals surface area contributed by atoms with Crippen LogP contribution in [0.25, 0.3) is 0 Å². The third-order valence-corrected chi connectivity index (χ3v) is 7.32. The third-order valence-electron chi connectivity index (χ3n) is 6.36. The van der Waals surface area contributed by atoms with Gasteiger partial charge in [0.2, 0.25) is 5.95 Å². The lowest BCUT2D eigenvalue weighted by molar-refractivity contribution is 0.117. The van der Waals surface area contributed by atoms with Gasteiger partial charge in [-0.05, 0) is 86.1 Å². The summed E-state index contributed by atoms with van der Waals surface area (Å²) in [4.78, 5) is 4.28. The van der Waals surface area contributed by atoms with Crippen molar-refractivity contribution in [2.24, 2.45) is 7.05 Å².